The molecule has 0 spiro atoms. The van der Waals surface area contributed by atoms with Crippen LogP contribution in [-0.2, 0) is 0 Å². The van der Waals surface area contributed by atoms with Crippen molar-refractivity contribution >= 4 is 62.7 Å². The third-order valence-corrected chi connectivity index (χ3v) is 5.17. The molecule has 0 saturated carbocycles. The van der Waals surface area contributed by atoms with Crippen molar-refractivity contribution in [1.29, 1.82) is 0 Å². The molecule has 0 radical (unpaired) electrons. The normalized spacial score (nSPS) is 10.6. The van der Waals surface area contributed by atoms with Crippen LogP contribution in [0.3, 0.4) is 0 Å². The van der Waals surface area contributed by atoms with Crippen LogP contribution in [0.15, 0.2) is 24.5 Å². The average Bonchev–Trinajstić information content (AvgIpc) is 2.88. The molecule has 26 heavy (non-hydrogen) atoms. The molecule has 8 nitrogen and oxygen atoms in total. The summed E-state index contributed by atoms with van der Waals surface area (Å²) in [4.78, 5) is 24.3. The number of aromatic nitrogens is 3. The van der Waals surface area contributed by atoms with E-state index in [9.17, 15) is 10.1 Å². The number of nitrogens with one attached hydrogen (secondary N) is 2. The lowest BCUT2D eigenvalue weighted by atomic mass is 10.3. The number of nitrogens with zero attached hydrogens (tertiary/aromatic N) is 4. The van der Waals surface area contributed by atoms with Gasteiger partial charge in [0.2, 0.25) is 11.6 Å². The van der Waals surface area contributed by atoms with Gasteiger partial charge in [0.25, 0.3) is 0 Å². The van der Waals surface area contributed by atoms with Gasteiger partial charge in [-0.05, 0) is 32.0 Å². The van der Waals surface area contributed by atoms with Gasteiger partial charge in [0, 0.05) is 10.6 Å². The first-order chi connectivity index (χ1) is 12.3. The van der Waals surface area contributed by atoms with Crippen LogP contribution in [0, 0.1) is 24.0 Å². The molecule has 0 bridgehead atoms. The maximum absolute atomic E-state index is 11.6. The molecule has 2 aromatic heterocycles. The number of thiazole rings is 1. The zero-order valence-corrected chi connectivity index (χ0v) is 15.9. The zero-order valence-electron chi connectivity index (χ0n) is 13.6. The first kappa shape index (κ1) is 18.3. The molecule has 0 aliphatic carbocycles. The molecule has 3 rings (SSSR count). The van der Waals surface area contributed by atoms with Crippen LogP contribution in [0.5, 0.6) is 0 Å². The quantitative estimate of drug-likeness (QED) is 0.436. The van der Waals surface area contributed by atoms with Crippen LogP contribution in [-0.4, -0.2) is 19.9 Å². The van der Waals surface area contributed by atoms with Gasteiger partial charge in [-0.1, -0.05) is 23.2 Å². The number of rotatable bonds is 5. The molecular weight excluding hydrogens is 399 g/mol. The highest BCUT2D eigenvalue weighted by molar-refractivity contribution is 7.15. The van der Waals surface area contributed by atoms with E-state index in [2.05, 4.69) is 25.6 Å². The lowest BCUT2D eigenvalue weighted by Crippen LogP contribution is -2.05. The summed E-state index contributed by atoms with van der Waals surface area (Å²) in [7, 11) is 0. The van der Waals surface area contributed by atoms with E-state index in [1.807, 2.05) is 13.8 Å². The summed E-state index contributed by atoms with van der Waals surface area (Å²) in [6.45, 7) is 3.78. The Labute approximate surface area is 162 Å². The Bertz CT molecular complexity index is 975. The molecule has 3 aromatic rings. The van der Waals surface area contributed by atoms with E-state index in [-0.39, 0.29) is 17.3 Å². The third kappa shape index (κ3) is 3.85. The molecule has 0 atom stereocenters. The molecule has 1 aromatic carbocycles. The van der Waals surface area contributed by atoms with Gasteiger partial charge in [-0.15, -0.1) is 11.3 Å². The van der Waals surface area contributed by atoms with E-state index in [1.165, 1.54) is 17.7 Å². The van der Waals surface area contributed by atoms with Gasteiger partial charge in [0.05, 0.1) is 20.7 Å². The van der Waals surface area contributed by atoms with Crippen LogP contribution in [0.2, 0.25) is 10.0 Å². The monoisotopic (exact) mass is 410 g/mol. The highest BCUT2D eigenvalue weighted by atomic mass is 35.5. The van der Waals surface area contributed by atoms with E-state index in [4.69, 9.17) is 23.2 Å². The Hall–Kier alpha value is -2.49. The van der Waals surface area contributed by atoms with Crippen molar-refractivity contribution in [3.05, 3.63) is 55.3 Å². The average molecular weight is 411 g/mol. The lowest BCUT2D eigenvalue weighted by Gasteiger charge is -2.09. The Morgan fingerprint density at radius 1 is 1.12 bits per heavy atom. The van der Waals surface area contributed by atoms with E-state index in [0.29, 0.717) is 20.9 Å². The molecule has 0 amide bonds. The molecule has 2 N–H and O–H groups in total. The SMILES string of the molecule is Cc1nc(Nc2ncnc(Nc3ccc(Cl)c(Cl)c3)c2[N+](=O)[O-])sc1C. The maximum Gasteiger partial charge on any atom is 0.353 e. The number of hydrogen-bond acceptors (Lipinski definition) is 8. The Kier molecular flexibility index (Phi) is 5.21. The Morgan fingerprint density at radius 3 is 2.38 bits per heavy atom. The standard InChI is InChI=1S/C15H12Cl2N6O2S/c1-7-8(2)26-15(20-7)22-14-12(23(24)25)13(18-6-19-14)21-9-3-4-10(16)11(17)5-9/h3-6H,1-2H3,(H2,18,19,20,21,22). The number of benzene rings is 1. The first-order valence-corrected chi connectivity index (χ1v) is 8.85. The molecule has 0 fully saturated rings. The molecule has 0 aliphatic heterocycles. The second kappa shape index (κ2) is 7.40. The van der Waals surface area contributed by atoms with Gasteiger partial charge in [-0.25, -0.2) is 15.0 Å². The van der Waals surface area contributed by atoms with Crippen molar-refractivity contribution in [2.75, 3.05) is 10.6 Å². The van der Waals surface area contributed by atoms with Crippen molar-refractivity contribution in [3.8, 4) is 0 Å². The number of hydrogen-bond donors (Lipinski definition) is 2. The largest absolute Gasteiger partial charge is 0.353 e. The highest BCUT2D eigenvalue weighted by Crippen LogP contribution is 2.35. The van der Waals surface area contributed by atoms with Crippen LogP contribution < -0.4 is 10.6 Å². The van der Waals surface area contributed by atoms with Crippen molar-refractivity contribution < 1.29 is 4.92 Å². The van der Waals surface area contributed by atoms with E-state index in [1.54, 1.807) is 18.2 Å². The van der Waals surface area contributed by atoms with E-state index >= 15 is 0 Å². The zero-order chi connectivity index (χ0) is 18.8. The summed E-state index contributed by atoms with van der Waals surface area (Å²) in [5, 5.41) is 18.6. The van der Waals surface area contributed by atoms with Crippen LogP contribution in [0.4, 0.5) is 28.1 Å². The fourth-order valence-electron chi connectivity index (χ4n) is 2.07. The molecule has 11 heteroatoms. The molecule has 0 unspecified atom stereocenters. The third-order valence-electron chi connectivity index (χ3n) is 3.44. The Morgan fingerprint density at radius 2 is 1.81 bits per heavy atom. The number of anilines is 4. The summed E-state index contributed by atoms with van der Waals surface area (Å²) >= 11 is 13.3. The topological polar surface area (TPSA) is 106 Å². The van der Waals surface area contributed by atoms with Crippen LogP contribution in [0.1, 0.15) is 10.6 Å². The second-order valence-corrected chi connectivity index (χ2v) is 7.23. The highest BCUT2D eigenvalue weighted by Gasteiger charge is 2.24. The summed E-state index contributed by atoms with van der Waals surface area (Å²) in [6, 6.07) is 4.77. The number of nitro groups is 1. The van der Waals surface area contributed by atoms with Gasteiger partial charge in [0.15, 0.2) is 5.13 Å². The summed E-state index contributed by atoms with van der Waals surface area (Å²) < 4.78 is 0. The predicted molar refractivity (Wildman–Crippen MR) is 103 cm³/mol. The molecule has 2 heterocycles. The van der Waals surface area contributed by atoms with Gasteiger partial charge in [0.1, 0.15) is 6.33 Å². The minimum Gasteiger partial charge on any atom is -0.334 e. The predicted octanol–water partition coefficient (Wildman–Crippen LogP) is 5.25. The van der Waals surface area contributed by atoms with Crippen molar-refractivity contribution in [1.82, 2.24) is 15.0 Å². The van der Waals surface area contributed by atoms with Crippen LogP contribution >= 0.6 is 34.5 Å². The smallest absolute Gasteiger partial charge is 0.334 e. The summed E-state index contributed by atoms with van der Waals surface area (Å²) in [5.41, 5.74) is 1.06. The van der Waals surface area contributed by atoms with E-state index in [0.717, 1.165) is 10.6 Å². The van der Waals surface area contributed by atoms with Gasteiger partial charge in [-0.3, -0.25) is 10.1 Å². The van der Waals surface area contributed by atoms with Crippen molar-refractivity contribution in [2.24, 2.45) is 0 Å². The van der Waals surface area contributed by atoms with Gasteiger partial charge in [-0.2, -0.15) is 0 Å². The summed E-state index contributed by atoms with van der Waals surface area (Å²) in [6.07, 6.45) is 1.22. The maximum atomic E-state index is 11.6. The minimum absolute atomic E-state index is 0.0240. The molecule has 134 valence electrons. The van der Waals surface area contributed by atoms with E-state index < -0.39 is 4.92 Å². The number of halogens is 2. The number of aryl methyl sites for hydroxylation is 2. The van der Waals surface area contributed by atoms with Gasteiger partial charge < -0.3 is 10.6 Å². The fraction of sp³-hybridized carbons (Fsp3) is 0.133. The minimum atomic E-state index is -0.560. The fourth-order valence-corrected chi connectivity index (χ4v) is 3.18. The van der Waals surface area contributed by atoms with Crippen molar-refractivity contribution in [3.63, 3.8) is 0 Å². The van der Waals surface area contributed by atoms with Crippen molar-refractivity contribution in [2.45, 2.75) is 13.8 Å². The van der Waals surface area contributed by atoms with Gasteiger partial charge >= 0.3 is 5.69 Å². The summed E-state index contributed by atoms with van der Waals surface area (Å²) in [5.74, 6) is 0.0669. The lowest BCUT2D eigenvalue weighted by molar-refractivity contribution is -0.383. The Balaban J connectivity index is 1.97. The van der Waals surface area contributed by atoms with Crippen LogP contribution in [0.25, 0.3) is 0 Å². The molecule has 0 aliphatic rings. The first-order valence-electron chi connectivity index (χ1n) is 7.27. The second-order valence-electron chi connectivity index (χ2n) is 5.22. The molecule has 0 saturated heterocycles. The molecular formula is C15H12Cl2N6O2S.